The Labute approximate surface area is 206 Å². The van der Waals surface area contributed by atoms with Crippen molar-refractivity contribution in [1.82, 2.24) is 9.80 Å². The molecule has 0 aliphatic carbocycles. The standard InChI is InChI=1S/C17H25NO3S.C10H19NO/c1-13-6-8-16(9-7-13)22(19,20)21-15-11-14-5-4-10-18(14)17(2,3)12-15;1-10(2)7-9(12)6-8-4-3-5-11(8)10/h6-9,14-15H,4-5,10-12H2,1-3H3;8-9,12H,3-7H2,1-2H3/t14-,15-;8-,9-/m00/s1. The molecule has 0 unspecified atom stereocenters. The Morgan fingerprint density at radius 1 is 0.882 bits per heavy atom. The Balaban J connectivity index is 0.000000192. The Morgan fingerprint density at radius 3 is 2.00 bits per heavy atom. The number of fused-ring (bicyclic) bond motifs is 2. The van der Waals surface area contributed by atoms with Gasteiger partial charge in [-0.2, -0.15) is 8.42 Å². The summed E-state index contributed by atoms with van der Waals surface area (Å²) in [5.41, 5.74) is 1.28. The number of nitrogens with zero attached hydrogens (tertiary/aromatic N) is 2. The van der Waals surface area contributed by atoms with Gasteiger partial charge in [0.2, 0.25) is 0 Å². The van der Waals surface area contributed by atoms with Gasteiger partial charge in [0, 0.05) is 23.2 Å². The van der Waals surface area contributed by atoms with Crippen LogP contribution in [0.3, 0.4) is 0 Å². The molecule has 5 rings (SSSR count). The van der Waals surface area contributed by atoms with Gasteiger partial charge in [0.05, 0.1) is 17.1 Å². The smallest absolute Gasteiger partial charge is 0.297 e. The normalized spacial score (nSPS) is 33.0. The molecule has 0 bridgehead atoms. The van der Waals surface area contributed by atoms with Crippen molar-refractivity contribution in [1.29, 1.82) is 0 Å². The molecule has 0 spiro atoms. The second-order valence-corrected chi connectivity index (χ2v) is 13.7. The molecule has 0 saturated carbocycles. The van der Waals surface area contributed by atoms with Gasteiger partial charge in [-0.25, -0.2) is 0 Å². The number of rotatable bonds is 3. The van der Waals surface area contributed by atoms with E-state index in [1.807, 2.05) is 6.92 Å². The van der Waals surface area contributed by atoms with E-state index >= 15 is 0 Å². The van der Waals surface area contributed by atoms with Crippen LogP contribution in [0.1, 0.15) is 84.6 Å². The van der Waals surface area contributed by atoms with E-state index in [-0.39, 0.29) is 28.2 Å². The maximum Gasteiger partial charge on any atom is 0.297 e. The molecule has 4 aliphatic rings. The first-order chi connectivity index (χ1) is 15.9. The summed E-state index contributed by atoms with van der Waals surface area (Å²) >= 11 is 0. The van der Waals surface area contributed by atoms with Crippen LogP contribution in [0, 0.1) is 6.92 Å². The summed E-state index contributed by atoms with van der Waals surface area (Å²) in [4.78, 5) is 5.36. The first-order valence-electron chi connectivity index (χ1n) is 13.1. The molecule has 4 atom stereocenters. The van der Waals surface area contributed by atoms with Crippen LogP contribution >= 0.6 is 0 Å². The van der Waals surface area contributed by atoms with Crippen LogP contribution < -0.4 is 0 Å². The SMILES string of the molecule is CC1(C)C[C@@H](O)C[C@@H]2CCCN21.Cc1ccc(S(=O)(=O)O[C@H]2C[C@@H]3CCCN3C(C)(C)C2)cc1. The third-order valence-corrected chi connectivity index (χ3v) is 9.80. The maximum absolute atomic E-state index is 12.5. The molecule has 1 aromatic carbocycles. The van der Waals surface area contributed by atoms with Crippen LogP contribution in [0.25, 0.3) is 0 Å². The third-order valence-electron chi connectivity index (χ3n) is 8.42. The lowest BCUT2D eigenvalue weighted by Gasteiger charge is -2.47. The molecule has 1 N–H and O–H groups in total. The Kier molecular flexibility index (Phi) is 7.53. The highest BCUT2D eigenvalue weighted by Crippen LogP contribution is 2.40. The van der Waals surface area contributed by atoms with E-state index in [1.165, 1.54) is 25.8 Å². The minimum Gasteiger partial charge on any atom is -0.393 e. The van der Waals surface area contributed by atoms with Crippen LogP contribution in [0.4, 0.5) is 0 Å². The molecule has 4 heterocycles. The van der Waals surface area contributed by atoms with Gasteiger partial charge >= 0.3 is 0 Å². The summed E-state index contributed by atoms with van der Waals surface area (Å²) in [5.74, 6) is 0. The van der Waals surface area contributed by atoms with Crippen LogP contribution in [-0.2, 0) is 14.3 Å². The first-order valence-corrected chi connectivity index (χ1v) is 14.5. The molecule has 4 saturated heterocycles. The van der Waals surface area contributed by atoms with Gasteiger partial charge in [0.1, 0.15) is 0 Å². The first kappa shape index (κ1) is 26.1. The maximum atomic E-state index is 12.5. The third kappa shape index (κ3) is 5.70. The molecule has 1 aromatic rings. The number of hydrogen-bond acceptors (Lipinski definition) is 6. The number of benzene rings is 1. The zero-order valence-corrected chi connectivity index (χ0v) is 22.5. The van der Waals surface area contributed by atoms with E-state index in [9.17, 15) is 13.5 Å². The molecule has 192 valence electrons. The predicted octanol–water partition coefficient (Wildman–Crippen LogP) is 4.49. The highest BCUT2D eigenvalue weighted by atomic mass is 32.2. The van der Waals surface area contributed by atoms with E-state index in [2.05, 4.69) is 37.5 Å². The van der Waals surface area contributed by atoms with E-state index in [0.717, 1.165) is 44.2 Å². The molecule has 4 fully saturated rings. The lowest BCUT2D eigenvalue weighted by atomic mass is 9.85. The zero-order chi connectivity index (χ0) is 24.7. The fourth-order valence-corrected chi connectivity index (χ4v) is 8.01. The summed E-state index contributed by atoms with van der Waals surface area (Å²) < 4.78 is 30.6. The van der Waals surface area contributed by atoms with Crippen molar-refractivity contribution in [3.8, 4) is 0 Å². The molecule has 34 heavy (non-hydrogen) atoms. The number of hydrogen-bond donors (Lipinski definition) is 1. The second-order valence-electron chi connectivity index (χ2n) is 12.1. The van der Waals surface area contributed by atoms with Gasteiger partial charge in [-0.1, -0.05) is 17.7 Å². The van der Waals surface area contributed by atoms with Gasteiger partial charge in [-0.15, -0.1) is 0 Å². The summed E-state index contributed by atoms with van der Waals surface area (Å²) in [7, 11) is -3.67. The molecular weight excluding hydrogens is 448 g/mol. The average Bonchev–Trinajstić information content (AvgIpc) is 3.37. The molecule has 6 nitrogen and oxygen atoms in total. The zero-order valence-electron chi connectivity index (χ0n) is 21.7. The quantitative estimate of drug-likeness (QED) is 0.627. The highest BCUT2D eigenvalue weighted by Gasteiger charge is 2.45. The lowest BCUT2D eigenvalue weighted by molar-refractivity contribution is -0.0204. The Bertz CT molecular complexity index is 944. The van der Waals surface area contributed by atoms with Crippen molar-refractivity contribution < 1.29 is 17.7 Å². The van der Waals surface area contributed by atoms with E-state index in [4.69, 9.17) is 4.18 Å². The van der Waals surface area contributed by atoms with E-state index in [1.54, 1.807) is 24.3 Å². The van der Waals surface area contributed by atoms with Crippen molar-refractivity contribution >= 4 is 10.1 Å². The van der Waals surface area contributed by atoms with Gasteiger partial charge in [0.15, 0.2) is 0 Å². The van der Waals surface area contributed by atoms with E-state index < -0.39 is 10.1 Å². The molecular formula is C27H44N2O4S. The predicted molar refractivity (Wildman–Crippen MR) is 135 cm³/mol. The van der Waals surface area contributed by atoms with Crippen LogP contribution in [-0.4, -0.2) is 71.8 Å². The topological polar surface area (TPSA) is 70.1 Å². The van der Waals surface area contributed by atoms with E-state index in [0.29, 0.717) is 12.1 Å². The molecule has 0 radical (unpaired) electrons. The van der Waals surface area contributed by atoms with Crippen molar-refractivity contribution in [3.05, 3.63) is 29.8 Å². The van der Waals surface area contributed by atoms with Gasteiger partial charge in [0.25, 0.3) is 10.1 Å². The van der Waals surface area contributed by atoms with Gasteiger partial charge in [-0.05, 0) is 111 Å². The lowest BCUT2D eigenvalue weighted by Crippen LogP contribution is -2.54. The Hall–Kier alpha value is -0.990. The number of piperidine rings is 2. The summed E-state index contributed by atoms with van der Waals surface area (Å²) in [6.45, 7) is 13.2. The van der Waals surface area contributed by atoms with Crippen LogP contribution in [0.15, 0.2) is 29.2 Å². The van der Waals surface area contributed by atoms with Crippen LogP contribution in [0.5, 0.6) is 0 Å². The van der Waals surface area contributed by atoms with Crippen molar-refractivity contribution in [2.75, 3.05) is 13.1 Å². The van der Waals surface area contributed by atoms with Crippen molar-refractivity contribution in [3.63, 3.8) is 0 Å². The molecule has 0 amide bonds. The number of aliphatic hydroxyl groups excluding tert-OH is 1. The number of aliphatic hydroxyl groups is 1. The largest absolute Gasteiger partial charge is 0.393 e. The summed E-state index contributed by atoms with van der Waals surface area (Å²) in [6.07, 6.45) is 8.21. The molecule has 7 heteroatoms. The number of aryl methyl sites for hydroxylation is 1. The highest BCUT2D eigenvalue weighted by molar-refractivity contribution is 7.86. The van der Waals surface area contributed by atoms with Gasteiger partial charge < -0.3 is 5.11 Å². The van der Waals surface area contributed by atoms with Crippen molar-refractivity contribution in [2.45, 2.75) is 126 Å². The minimum atomic E-state index is -3.67. The summed E-state index contributed by atoms with van der Waals surface area (Å²) in [5, 5.41) is 9.67. The summed E-state index contributed by atoms with van der Waals surface area (Å²) in [6, 6.07) is 7.99. The molecule has 0 aromatic heterocycles. The van der Waals surface area contributed by atoms with Crippen LogP contribution in [0.2, 0.25) is 0 Å². The average molecular weight is 493 g/mol. The fraction of sp³-hybridized carbons (Fsp3) is 0.778. The molecule has 4 aliphatic heterocycles. The minimum absolute atomic E-state index is 0.00682. The second kappa shape index (κ2) is 9.81. The fourth-order valence-electron chi connectivity index (χ4n) is 6.92. The van der Waals surface area contributed by atoms with Gasteiger partial charge in [-0.3, -0.25) is 14.0 Å². The van der Waals surface area contributed by atoms with Crippen molar-refractivity contribution in [2.24, 2.45) is 0 Å². The monoisotopic (exact) mass is 492 g/mol. The Morgan fingerprint density at radius 2 is 1.41 bits per heavy atom.